The summed E-state index contributed by atoms with van der Waals surface area (Å²) in [5.74, 6) is 0.877. The molecule has 2 aromatic carbocycles. The predicted molar refractivity (Wildman–Crippen MR) is 130 cm³/mol. The minimum Gasteiger partial charge on any atom is -0.486 e. The topological polar surface area (TPSA) is 56.3 Å². The summed E-state index contributed by atoms with van der Waals surface area (Å²) in [6.07, 6.45) is 7.45. The molecular weight excluding hydrogens is 417 g/mol. The molecular formula is C27H26FN3O2. The summed E-state index contributed by atoms with van der Waals surface area (Å²) in [5.41, 5.74) is 4.99. The van der Waals surface area contributed by atoms with E-state index in [4.69, 9.17) is 9.47 Å². The highest BCUT2D eigenvalue weighted by molar-refractivity contribution is 5.76. The van der Waals surface area contributed by atoms with Gasteiger partial charge in [0.05, 0.1) is 0 Å². The van der Waals surface area contributed by atoms with Crippen LogP contribution in [-0.2, 0) is 6.54 Å². The van der Waals surface area contributed by atoms with Crippen LogP contribution in [0, 0.1) is 5.82 Å². The third-order valence-corrected chi connectivity index (χ3v) is 5.10. The summed E-state index contributed by atoms with van der Waals surface area (Å²) in [6.45, 7) is 9.31. The highest BCUT2D eigenvalue weighted by Gasteiger charge is 2.17. The maximum Gasteiger partial charge on any atom is 0.191 e. The number of ether oxygens (including phenoxy) is 2. The van der Waals surface area contributed by atoms with Gasteiger partial charge in [0.2, 0.25) is 0 Å². The van der Waals surface area contributed by atoms with Gasteiger partial charge in [0.15, 0.2) is 23.1 Å². The van der Waals surface area contributed by atoms with Gasteiger partial charge in [-0.25, -0.2) is 14.4 Å². The number of benzene rings is 2. The van der Waals surface area contributed by atoms with Crippen molar-refractivity contribution in [3.63, 3.8) is 0 Å². The van der Waals surface area contributed by atoms with Crippen molar-refractivity contribution in [1.29, 1.82) is 0 Å². The Kier molecular flexibility index (Phi) is 6.83. The molecule has 168 valence electrons. The molecule has 5 nitrogen and oxygen atoms in total. The second-order valence-corrected chi connectivity index (χ2v) is 7.74. The number of hydrogen-bond donors (Lipinski definition) is 1. The van der Waals surface area contributed by atoms with Gasteiger partial charge in [-0.1, -0.05) is 54.6 Å². The number of rotatable bonds is 7. The fourth-order valence-corrected chi connectivity index (χ4v) is 3.56. The van der Waals surface area contributed by atoms with Crippen molar-refractivity contribution in [1.82, 2.24) is 9.97 Å². The van der Waals surface area contributed by atoms with Crippen molar-refractivity contribution in [3.05, 3.63) is 96.1 Å². The van der Waals surface area contributed by atoms with Gasteiger partial charge in [-0.15, -0.1) is 0 Å². The Morgan fingerprint density at radius 2 is 1.85 bits per heavy atom. The zero-order valence-electron chi connectivity index (χ0n) is 18.8. The first kappa shape index (κ1) is 22.3. The van der Waals surface area contributed by atoms with Gasteiger partial charge in [-0.3, -0.25) is 0 Å². The summed E-state index contributed by atoms with van der Waals surface area (Å²) in [5, 5.41) is 3.08. The maximum absolute atomic E-state index is 15.2. The van der Waals surface area contributed by atoms with Crippen LogP contribution in [0.15, 0.2) is 79.2 Å². The van der Waals surface area contributed by atoms with E-state index in [2.05, 4.69) is 27.9 Å². The highest BCUT2D eigenvalue weighted by atomic mass is 19.1. The first-order chi connectivity index (χ1) is 16.0. The van der Waals surface area contributed by atoms with E-state index in [1.165, 1.54) is 6.33 Å². The van der Waals surface area contributed by atoms with Crippen LogP contribution >= 0.6 is 0 Å². The third-order valence-electron chi connectivity index (χ3n) is 5.10. The molecule has 0 saturated carbocycles. The van der Waals surface area contributed by atoms with Gasteiger partial charge in [0.25, 0.3) is 0 Å². The van der Waals surface area contributed by atoms with Crippen LogP contribution in [0.4, 0.5) is 10.2 Å². The first-order valence-corrected chi connectivity index (χ1v) is 10.8. The standard InChI is InChI=1S/C27H26FN3O2/c1-4-5-21(14-18(2)3)20-8-6-19(7-9-20)16-29-27-25(28)26(30-17-31-27)22-10-11-23-24(15-22)33-13-12-32-23/h4-11,14-15,17H,2,12-13,16H2,1,3H3,(H,29,30,31)/b5-4-,21-14+. The lowest BCUT2D eigenvalue weighted by Crippen LogP contribution is -2.15. The number of nitrogens with zero attached hydrogens (tertiary/aromatic N) is 2. The van der Waals surface area contributed by atoms with E-state index < -0.39 is 5.82 Å². The normalized spacial score (nSPS) is 13.2. The number of hydrogen-bond acceptors (Lipinski definition) is 5. The van der Waals surface area contributed by atoms with Crippen molar-refractivity contribution in [3.8, 4) is 22.8 Å². The Hall–Kier alpha value is -3.93. The Morgan fingerprint density at radius 3 is 2.58 bits per heavy atom. The largest absolute Gasteiger partial charge is 0.486 e. The van der Waals surface area contributed by atoms with E-state index in [-0.39, 0.29) is 11.5 Å². The predicted octanol–water partition coefficient (Wildman–Crippen LogP) is 6.20. The first-order valence-electron chi connectivity index (χ1n) is 10.8. The van der Waals surface area contributed by atoms with Crippen LogP contribution < -0.4 is 14.8 Å². The van der Waals surface area contributed by atoms with E-state index in [0.29, 0.717) is 36.8 Å². The van der Waals surface area contributed by atoms with Crippen LogP contribution in [0.3, 0.4) is 0 Å². The second kappa shape index (κ2) is 10.1. The van der Waals surface area contributed by atoms with Crippen molar-refractivity contribution in [2.45, 2.75) is 20.4 Å². The van der Waals surface area contributed by atoms with Crippen molar-refractivity contribution in [2.75, 3.05) is 18.5 Å². The average molecular weight is 444 g/mol. The summed E-state index contributed by atoms with van der Waals surface area (Å²) in [6, 6.07) is 13.4. The highest BCUT2D eigenvalue weighted by Crippen LogP contribution is 2.35. The van der Waals surface area contributed by atoms with Gasteiger partial charge in [-0.2, -0.15) is 0 Å². The molecule has 6 heteroatoms. The number of aromatic nitrogens is 2. The summed E-state index contributed by atoms with van der Waals surface area (Å²) < 4.78 is 26.3. The molecule has 0 amide bonds. The van der Waals surface area contributed by atoms with Crippen molar-refractivity contribution in [2.24, 2.45) is 0 Å². The Bertz CT molecular complexity index is 1220. The van der Waals surface area contributed by atoms with Gasteiger partial charge < -0.3 is 14.8 Å². The number of fused-ring (bicyclic) bond motifs is 1. The second-order valence-electron chi connectivity index (χ2n) is 7.74. The minimum absolute atomic E-state index is 0.149. The lowest BCUT2D eigenvalue weighted by atomic mass is 10.0. The van der Waals surface area contributed by atoms with E-state index >= 15 is 4.39 Å². The van der Waals surface area contributed by atoms with E-state index in [0.717, 1.165) is 22.3 Å². The molecule has 0 unspecified atom stereocenters. The molecule has 0 atom stereocenters. The number of anilines is 1. The van der Waals surface area contributed by atoms with Gasteiger partial charge in [0, 0.05) is 12.1 Å². The van der Waals surface area contributed by atoms with Crippen LogP contribution in [0.5, 0.6) is 11.5 Å². The van der Waals surface area contributed by atoms with Crippen LogP contribution in [0.1, 0.15) is 25.0 Å². The van der Waals surface area contributed by atoms with E-state index in [9.17, 15) is 0 Å². The molecule has 3 aromatic rings. The Balaban J connectivity index is 1.50. The van der Waals surface area contributed by atoms with Crippen LogP contribution in [-0.4, -0.2) is 23.2 Å². The lowest BCUT2D eigenvalue weighted by molar-refractivity contribution is 0.171. The van der Waals surface area contributed by atoms with Crippen LogP contribution in [0.25, 0.3) is 16.8 Å². The molecule has 0 radical (unpaired) electrons. The average Bonchev–Trinajstić information content (AvgIpc) is 2.83. The van der Waals surface area contributed by atoms with Crippen molar-refractivity contribution < 1.29 is 13.9 Å². The molecule has 4 rings (SSSR count). The minimum atomic E-state index is -0.509. The quantitative estimate of drug-likeness (QED) is 0.441. The number of halogens is 1. The van der Waals surface area contributed by atoms with E-state index in [1.54, 1.807) is 18.2 Å². The molecule has 0 aliphatic carbocycles. The SMILES string of the molecule is C=C(C)/C=C(\C=C/C)c1ccc(CNc2ncnc(-c3ccc4c(c3)OCCO4)c2F)cc1. The molecule has 0 spiro atoms. The molecule has 33 heavy (non-hydrogen) atoms. The van der Waals surface area contributed by atoms with Gasteiger partial charge >= 0.3 is 0 Å². The molecule has 2 heterocycles. The van der Waals surface area contributed by atoms with E-state index in [1.807, 2.05) is 50.3 Å². The fraction of sp³-hybridized carbons (Fsp3) is 0.185. The van der Waals surface area contributed by atoms with Crippen molar-refractivity contribution >= 4 is 11.4 Å². The monoisotopic (exact) mass is 443 g/mol. The lowest BCUT2D eigenvalue weighted by Gasteiger charge is -2.19. The zero-order valence-corrected chi connectivity index (χ0v) is 18.8. The zero-order chi connectivity index (χ0) is 23.2. The Labute approximate surface area is 193 Å². The van der Waals surface area contributed by atoms with Gasteiger partial charge in [0.1, 0.15) is 25.2 Å². The number of nitrogens with one attached hydrogen (secondary N) is 1. The Morgan fingerprint density at radius 1 is 1.09 bits per heavy atom. The molecule has 1 aliphatic heterocycles. The van der Waals surface area contributed by atoms with Crippen LogP contribution in [0.2, 0.25) is 0 Å². The molecule has 0 bridgehead atoms. The molecule has 1 aromatic heterocycles. The molecule has 0 saturated heterocycles. The number of allylic oxidation sites excluding steroid dienone is 5. The van der Waals surface area contributed by atoms with Gasteiger partial charge in [-0.05, 0) is 48.7 Å². The molecule has 0 fully saturated rings. The third kappa shape index (κ3) is 5.29. The molecule has 1 N–H and O–H groups in total. The maximum atomic E-state index is 15.2. The smallest absolute Gasteiger partial charge is 0.191 e. The fourth-order valence-electron chi connectivity index (χ4n) is 3.56. The summed E-state index contributed by atoms with van der Waals surface area (Å²) in [4.78, 5) is 8.23. The molecule has 1 aliphatic rings. The summed E-state index contributed by atoms with van der Waals surface area (Å²) in [7, 11) is 0. The summed E-state index contributed by atoms with van der Waals surface area (Å²) >= 11 is 0.